The second-order valence-corrected chi connectivity index (χ2v) is 6.06. The van der Waals surface area contributed by atoms with E-state index in [-0.39, 0.29) is 11.9 Å². The number of rotatable bonds is 3. The minimum atomic E-state index is -0.0772. The standard InChI is InChI=1S/C14H16N2O2S/c1-18-14(17)10-3-2-9-6-11(19-12(9)7-10)8-13-15-4-5-16-13/h4-6,10H,2-3,7-8H2,1H3,(H,15,16). The molecule has 1 atom stereocenters. The molecule has 0 radical (unpaired) electrons. The zero-order valence-corrected chi connectivity index (χ0v) is 11.6. The van der Waals surface area contributed by atoms with Crippen molar-refractivity contribution in [1.82, 2.24) is 9.97 Å². The summed E-state index contributed by atoms with van der Waals surface area (Å²) in [7, 11) is 1.47. The van der Waals surface area contributed by atoms with Gasteiger partial charge in [0.05, 0.1) is 13.0 Å². The molecule has 0 saturated carbocycles. The number of hydrogen-bond donors (Lipinski definition) is 1. The van der Waals surface area contributed by atoms with E-state index < -0.39 is 0 Å². The maximum atomic E-state index is 11.6. The number of nitrogens with one attached hydrogen (secondary N) is 1. The van der Waals surface area contributed by atoms with Gasteiger partial charge in [0.25, 0.3) is 0 Å². The smallest absolute Gasteiger partial charge is 0.309 e. The molecule has 100 valence electrons. The van der Waals surface area contributed by atoms with Crippen molar-refractivity contribution in [1.29, 1.82) is 0 Å². The van der Waals surface area contributed by atoms with Crippen molar-refractivity contribution in [2.75, 3.05) is 7.11 Å². The zero-order chi connectivity index (χ0) is 13.2. The van der Waals surface area contributed by atoms with Crippen molar-refractivity contribution >= 4 is 17.3 Å². The molecule has 1 aliphatic carbocycles. The van der Waals surface area contributed by atoms with Crippen LogP contribution in [0.2, 0.25) is 0 Å². The van der Waals surface area contributed by atoms with E-state index in [2.05, 4.69) is 16.0 Å². The number of nitrogens with zero attached hydrogens (tertiary/aromatic N) is 1. The third-order valence-electron chi connectivity index (χ3n) is 3.57. The van der Waals surface area contributed by atoms with Gasteiger partial charge < -0.3 is 9.72 Å². The van der Waals surface area contributed by atoms with Gasteiger partial charge in [-0.05, 0) is 30.9 Å². The topological polar surface area (TPSA) is 55.0 Å². The Hall–Kier alpha value is -1.62. The maximum Gasteiger partial charge on any atom is 0.309 e. The first-order chi connectivity index (χ1) is 9.26. The summed E-state index contributed by atoms with van der Waals surface area (Å²) in [6.45, 7) is 0. The van der Waals surface area contributed by atoms with Gasteiger partial charge in [0.15, 0.2) is 0 Å². The number of aromatic amines is 1. The Balaban J connectivity index is 1.75. The van der Waals surface area contributed by atoms with Gasteiger partial charge in [0.2, 0.25) is 0 Å². The molecule has 2 heterocycles. The molecular formula is C14H16N2O2S. The van der Waals surface area contributed by atoms with Crippen molar-refractivity contribution in [3.05, 3.63) is 39.6 Å². The summed E-state index contributed by atoms with van der Waals surface area (Å²) in [6, 6.07) is 2.26. The highest BCUT2D eigenvalue weighted by molar-refractivity contribution is 7.12. The van der Waals surface area contributed by atoms with Crippen molar-refractivity contribution in [2.24, 2.45) is 5.92 Å². The van der Waals surface area contributed by atoms with Crippen LogP contribution in [0.25, 0.3) is 0 Å². The van der Waals surface area contributed by atoms with Gasteiger partial charge in [-0.15, -0.1) is 11.3 Å². The van der Waals surface area contributed by atoms with Gasteiger partial charge in [-0.2, -0.15) is 0 Å². The number of fused-ring (bicyclic) bond motifs is 1. The molecule has 1 aliphatic rings. The SMILES string of the molecule is COC(=O)C1CCc2cc(Cc3ncc[nH]3)sc2C1. The van der Waals surface area contributed by atoms with Gasteiger partial charge in [0.1, 0.15) is 5.82 Å². The number of carbonyl (C=O) groups excluding carboxylic acids is 1. The second-order valence-electron chi connectivity index (χ2n) is 4.84. The number of H-pyrrole nitrogens is 1. The van der Waals surface area contributed by atoms with Crippen LogP contribution in [0.5, 0.6) is 0 Å². The molecule has 4 nitrogen and oxygen atoms in total. The predicted molar refractivity (Wildman–Crippen MR) is 73.2 cm³/mol. The molecule has 5 heteroatoms. The lowest BCUT2D eigenvalue weighted by Gasteiger charge is -2.19. The predicted octanol–water partition coefficient (Wildman–Crippen LogP) is 2.34. The highest BCUT2D eigenvalue weighted by atomic mass is 32.1. The lowest BCUT2D eigenvalue weighted by Crippen LogP contribution is -2.22. The number of ether oxygens (including phenoxy) is 1. The first-order valence-electron chi connectivity index (χ1n) is 6.43. The molecule has 0 amide bonds. The number of esters is 1. The molecule has 2 aromatic rings. The van der Waals surface area contributed by atoms with E-state index in [1.807, 2.05) is 6.20 Å². The summed E-state index contributed by atoms with van der Waals surface area (Å²) in [5.74, 6) is 0.947. The molecule has 0 saturated heterocycles. The van der Waals surface area contributed by atoms with E-state index in [1.165, 1.54) is 22.4 Å². The summed E-state index contributed by atoms with van der Waals surface area (Å²) in [4.78, 5) is 21.6. The van der Waals surface area contributed by atoms with Crippen LogP contribution in [0.1, 0.15) is 27.6 Å². The monoisotopic (exact) mass is 276 g/mol. The van der Waals surface area contributed by atoms with E-state index in [9.17, 15) is 4.79 Å². The van der Waals surface area contributed by atoms with E-state index in [0.717, 1.165) is 31.5 Å². The number of aryl methyl sites for hydroxylation is 1. The highest BCUT2D eigenvalue weighted by Crippen LogP contribution is 2.33. The van der Waals surface area contributed by atoms with E-state index in [0.29, 0.717) is 0 Å². The third-order valence-corrected chi connectivity index (χ3v) is 4.77. The zero-order valence-electron chi connectivity index (χ0n) is 10.8. The van der Waals surface area contributed by atoms with Crippen molar-refractivity contribution in [3.63, 3.8) is 0 Å². The van der Waals surface area contributed by atoms with E-state index in [4.69, 9.17) is 4.74 Å². The quantitative estimate of drug-likeness (QED) is 0.875. The summed E-state index contributed by atoms with van der Waals surface area (Å²) in [5, 5.41) is 0. The number of hydrogen-bond acceptors (Lipinski definition) is 4. The minimum Gasteiger partial charge on any atom is -0.469 e. The summed E-state index contributed by atoms with van der Waals surface area (Å²) >= 11 is 1.80. The fourth-order valence-electron chi connectivity index (χ4n) is 2.58. The van der Waals surface area contributed by atoms with Crippen LogP contribution < -0.4 is 0 Å². The molecule has 1 N–H and O–H groups in total. The summed E-state index contributed by atoms with van der Waals surface area (Å²) < 4.78 is 4.85. The third kappa shape index (κ3) is 2.56. The number of methoxy groups -OCH3 is 1. The van der Waals surface area contributed by atoms with Gasteiger partial charge in [-0.1, -0.05) is 0 Å². The first kappa shape index (κ1) is 12.4. The van der Waals surface area contributed by atoms with Crippen LogP contribution in [-0.4, -0.2) is 23.0 Å². The molecule has 1 unspecified atom stereocenters. The molecule has 0 spiro atoms. The van der Waals surface area contributed by atoms with Crippen molar-refractivity contribution in [3.8, 4) is 0 Å². The van der Waals surface area contributed by atoms with Gasteiger partial charge >= 0.3 is 5.97 Å². The second kappa shape index (κ2) is 5.17. The van der Waals surface area contributed by atoms with E-state index >= 15 is 0 Å². The van der Waals surface area contributed by atoms with Gasteiger partial charge in [-0.25, -0.2) is 4.98 Å². The van der Waals surface area contributed by atoms with Crippen LogP contribution in [0.3, 0.4) is 0 Å². The maximum absolute atomic E-state index is 11.6. The van der Waals surface area contributed by atoms with Crippen LogP contribution in [-0.2, 0) is 28.8 Å². The Morgan fingerprint density at radius 2 is 2.53 bits per heavy atom. The molecule has 0 aromatic carbocycles. The van der Waals surface area contributed by atoms with E-state index in [1.54, 1.807) is 17.5 Å². The molecule has 2 aromatic heterocycles. The Labute approximate surface area is 115 Å². The molecule has 3 rings (SSSR count). The fraction of sp³-hybridized carbons (Fsp3) is 0.429. The number of carbonyl (C=O) groups is 1. The first-order valence-corrected chi connectivity index (χ1v) is 7.24. The average molecular weight is 276 g/mol. The van der Waals surface area contributed by atoms with Crippen molar-refractivity contribution < 1.29 is 9.53 Å². The molecule has 0 aliphatic heterocycles. The van der Waals surface area contributed by atoms with Crippen LogP contribution >= 0.6 is 11.3 Å². The number of aromatic nitrogens is 2. The Bertz CT molecular complexity index is 574. The van der Waals surface area contributed by atoms with Crippen LogP contribution in [0.15, 0.2) is 18.5 Å². The normalized spacial score (nSPS) is 18.1. The Morgan fingerprint density at radius 3 is 3.26 bits per heavy atom. The number of thiophene rings is 1. The fourth-order valence-corrected chi connectivity index (χ4v) is 3.89. The average Bonchev–Trinajstić information content (AvgIpc) is 3.05. The van der Waals surface area contributed by atoms with Gasteiger partial charge in [0, 0.05) is 28.6 Å². The van der Waals surface area contributed by atoms with Crippen LogP contribution in [0.4, 0.5) is 0 Å². The van der Waals surface area contributed by atoms with Gasteiger partial charge in [-0.3, -0.25) is 4.79 Å². The molecule has 0 fully saturated rings. The molecular weight excluding hydrogens is 260 g/mol. The lowest BCUT2D eigenvalue weighted by atomic mass is 9.89. The summed E-state index contributed by atoms with van der Waals surface area (Å²) in [5.41, 5.74) is 1.40. The highest BCUT2D eigenvalue weighted by Gasteiger charge is 2.27. The minimum absolute atomic E-state index is 0.0348. The molecule has 19 heavy (non-hydrogen) atoms. The number of imidazole rings is 1. The lowest BCUT2D eigenvalue weighted by molar-refractivity contribution is -0.145. The molecule has 0 bridgehead atoms. The van der Waals surface area contributed by atoms with Crippen LogP contribution in [0, 0.1) is 5.92 Å². The largest absolute Gasteiger partial charge is 0.469 e. The summed E-state index contributed by atoms with van der Waals surface area (Å²) in [6.07, 6.45) is 7.16. The Kier molecular flexibility index (Phi) is 3.38. The Morgan fingerprint density at radius 1 is 1.63 bits per heavy atom. The van der Waals surface area contributed by atoms with Crippen molar-refractivity contribution in [2.45, 2.75) is 25.7 Å².